The van der Waals surface area contributed by atoms with Gasteiger partial charge in [-0.05, 0) is 68.3 Å². The van der Waals surface area contributed by atoms with Crippen molar-refractivity contribution in [3.05, 3.63) is 72.8 Å². The molecule has 3 aromatic carbocycles. The van der Waals surface area contributed by atoms with Gasteiger partial charge in [0.05, 0.1) is 17.1 Å². The maximum atomic E-state index is 12.8. The van der Waals surface area contributed by atoms with Crippen LogP contribution in [0.15, 0.2) is 77.7 Å². The molecule has 9 nitrogen and oxygen atoms in total. The van der Waals surface area contributed by atoms with E-state index in [1.165, 1.54) is 24.3 Å². The maximum absolute atomic E-state index is 12.8. The van der Waals surface area contributed by atoms with Crippen LogP contribution in [0.5, 0.6) is 11.5 Å². The van der Waals surface area contributed by atoms with Crippen molar-refractivity contribution in [1.29, 1.82) is 0 Å². The molecule has 1 heterocycles. The number of H-pyrrole nitrogens is 1. The third-order valence-electron chi connectivity index (χ3n) is 5.65. The Balaban J connectivity index is 1.20. The number of aromatic amines is 1. The number of ether oxygens (including phenoxy) is 1. The summed E-state index contributed by atoms with van der Waals surface area (Å²) in [7, 11) is -4.05. The van der Waals surface area contributed by atoms with Crippen molar-refractivity contribution in [1.82, 2.24) is 9.97 Å². The van der Waals surface area contributed by atoms with Crippen molar-refractivity contribution < 1.29 is 22.1 Å². The number of nitrogens with zero attached hydrogens (tertiary/aromatic N) is 1. The van der Waals surface area contributed by atoms with Gasteiger partial charge in [0.2, 0.25) is 11.9 Å². The molecule has 4 aromatic rings. The van der Waals surface area contributed by atoms with Gasteiger partial charge in [0.15, 0.2) is 0 Å². The molecule has 1 amide bonds. The molecule has 0 aliphatic heterocycles. The van der Waals surface area contributed by atoms with Crippen molar-refractivity contribution in [2.24, 2.45) is 5.92 Å². The number of benzene rings is 3. The highest BCUT2D eigenvalue weighted by Crippen LogP contribution is 2.30. The molecule has 1 fully saturated rings. The van der Waals surface area contributed by atoms with Gasteiger partial charge < -0.3 is 19.2 Å². The monoisotopic (exact) mass is 506 g/mol. The number of aromatic nitrogens is 2. The highest BCUT2D eigenvalue weighted by atomic mass is 32.2. The Labute approximate surface area is 209 Å². The van der Waals surface area contributed by atoms with Crippen LogP contribution in [-0.4, -0.2) is 36.9 Å². The molecule has 10 heteroatoms. The van der Waals surface area contributed by atoms with E-state index in [2.05, 4.69) is 20.6 Å². The predicted octanol–water partition coefficient (Wildman–Crippen LogP) is 4.56. The molecule has 0 saturated heterocycles. The summed E-state index contributed by atoms with van der Waals surface area (Å²) >= 11 is 0. The van der Waals surface area contributed by atoms with E-state index in [0.29, 0.717) is 23.6 Å². The first-order valence-electron chi connectivity index (χ1n) is 11.7. The molecule has 1 saturated carbocycles. The number of rotatable bonds is 10. The fraction of sp³-hybridized carbons (Fsp3) is 0.231. The molecule has 1 aromatic heterocycles. The van der Waals surface area contributed by atoms with Crippen LogP contribution >= 0.6 is 0 Å². The van der Waals surface area contributed by atoms with Gasteiger partial charge >= 0.3 is 10.1 Å². The van der Waals surface area contributed by atoms with Crippen LogP contribution in [0.25, 0.3) is 11.0 Å². The predicted molar refractivity (Wildman–Crippen MR) is 137 cm³/mol. The van der Waals surface area contributed by atoms with Gasteiger partial charge in [0.1, 0.15) is 23.0 Å². The largest absolute Gasteiger partial charge is 0.491 e. The number of imidazole rings is 1. The SMILES string of the molecule is CC(COc1ccccc1)Nc1ccc(S(=O)(=O)Oc2ccc3nc(NC(=O)C4CC4)[nH]c3c2)cc1. The van der Waals surface area contributed by atoms with Crippen LogP contribution in [0.3, 0.4) is 0 Å². The zero-order chi connectivity index (χ0) is 25.1. The zero-order valence-electron chi connectivity index (χ0n) is 19.6. The van der Waals surface area contributed by atoms with Crippen molar-refractivity contribution in [2.45, 2.75) is 30.7 Å². The van der Waals surface area contributed by atoms with E-state index in [1.807, 2.05) is 37.3 Å². The van der Waals surface area contributed by atoms with Crippen LogP contribution in [-0.2, 0) is 14.9 Å². The van der Waals surface area contributed by atoms with Gasteiger partial charge in [-0.2, -0.15) is 8.42 Å². The molecule has 1 atom stereocenters. The third-order valence-corrected chi connectivity index (χ3v) is 6.91. The number of carbonyl (C=O) groups excluding carboxylic acids is 1. The van der Waals surface area contributed by atoms with Crippen molar-refractivity contribution in [3.63, 3.8) is 0 Å². The molecular weight excluding hydrogens is 480 g/mol. The second-order valence-corrected chi connectivity index (χ2v) is 10.3. The Bertz CT molecular complexity index is 1470. The summed E-state index contributed by atoms with van der Waals surface area (Å²) in [5.41, 5.74) is 1.91. The normalized spacial score (nSPS) is 14.2. The number of carbonyl (C=O) groups is 1. The number of amides is 1. The van der Waals surface area contributed by atoms with Gasteiger partial charge in [-0.15, -0.1) is 0 Å². The van der Waals surface area contributed by atoms with Crippen LogP contribution < -0.4 is 19.6 Å². The lowest BCUT2D eigenvalue weighted by Crippen LogP contribution is -2.23. The molecular formula is C26H26N4O5S. The van der Waals surface area contributed by atoms with Gasteiger partial charge in [-0.3, -0.25) is 10.1 Å². The lowest BCUT2D eigenvalue weighted by atomic mass is 10.3. The molecule has 0 bridgehead atoms. The van der Waals surface area contributed by atoms with E-state index in [0.717, 1.165) is 24.3 Å². The highest BCUT2D eigenvalue weighted by molar-refractivity contribution is 7.87. The minimum atomic E-state index is -4.05. The van der Waals surface area contributed by atoms with Crippen molar-refractivity contribution >= 4 is 38.7 Å². The van der Waals surface area contributed by atoms with E-state index >= 15 is 0 Å². The first-order chi connectivity index (χ1) is 17.4. The van der Waals surface area contributed by atoms with Crippen LogP contribution in [0, 0.1) is 5.92 Å². The average Bonchev–Trinajstić information content (AvgIpc) is 3.64. The summed E-state index contributed by atoms with van der Waals surface area (Å²) < 4.78 is 36.7. The number of hydrogen-bond donors (Lipinski definition) is 3. The molecule has 1 unspecified atom stereocenters. The van der Waals surface area contributed by atoms with Crippen molar-refractivity contribution in [2.75, 3.05) is 17.2 Å². The summed E-state index contributed by atoms with van der Waals surface area (Å²) in [6.07, 6.45) is 1.78. The molecule has 1 aliphatic carbocycles. The van der Waals surface area contributed by atoms with E-state index in [1.54, 1.807) is 18.2 Å². The first-order valence-corrected chi connectivity index (χ1v) is 13.1. The smallest absolute Gasteiger partial charge is 0.339 e. The standard InChI is InChI=1S/C26H26N4O5S/c1-17(16-34-20-5-3-2-4-6-20)27-19-9-12-22(13-10-19)36(32,33)35-21-11-14-23-24(15-21)29-26(28-23)30-25(31)18-7-8-18/h2-6,9-15,17-18,27H,7-8,16H2,1H3,(H2,28,29,30,31). The van der Waals surface area contributed by atoms with E-state index in [-0.39, 0.29) is 28.5 Å². The highest BCUT2D eigenvalue weighted by Gasteiger charge is 2.30. The minimum Gasteiger partial charge on any atom is -0.491 e. The topological polar surface area (TPSA) is 122 Å². The minimum absolute atomic E-state index is 0.00370. The fourth-order valence-electron chi connectivity index (χ4n) is 3.62. The van der Waals surface area contributed by atoms with Gasteiger partial charge in [-0.25, -0.2) is 4.98 Å². The quantitative estimate of drug-likeness (QED) is 0.270. The number of para-hydroxylation sites is 1. The Kier molecular flexibility index (Phi) is 6.51. The lowest BCUT2D eigenvalue weighted by molar-refractivity contribution is -0.117. The summed E-state index contributed by atoms with van der Waals surface area (Å²) in [5, 5.41) is 6.03. The van der Waals surface area contributed by atoms with Gasteiger partial charge in [-0.1, -0.05) is 18.2 Å². The molecule has 36 heavy (non-hydrogen) atoms. The molecule has 1 aliphatic rings. The Hall–Kier alpha value is -4.05. The van der Waals surface area contributed by atoms with Crippen LogP contribution in [0.4, 0.5) is 11.6 Å². The van der Waals surface area contributed by atoms with Crippen LogP contribution in [0.1, 0.15) is 19.8 Å². The molecule has 186 valence electrons. The van der Waals surface area contributed by atoms with E-state index in [9.17, 15) is 13.2 Å². The summed E-state index contributed by atoms with van der Waals surface area (Å²) in [6.45, 7) is 2.43. The molecule has 5 rings (SSSR count). The fourth-order valence-corrected chi connectivity index (χ4v) is 4.54. The molecule has 0 spiro atoms. The summed E-state index contributed by atoms with van der Waals surface area (Å²) in [4.78, 5) is 19.3. The molecule has 0 radical (unpaired) electrons. The van der Waals surface area contributed by atoms with Crippen LogP contribution in [0.2, 0.25) is 0 Å². The van der Waals surface area contributed by atoms with Crippen molar-refractivity contribution in [3.8, 4) is 11.5 Å². The van der Waals surface area contributed by atoms with E-state index in [4.69, 9.17) is 8.92 Å². The first kappa shape index (κ1) is 23.7. The second-order valence-electron chi connectivity index (χ2n) is 8.76. The number of anilines is 2. The number of hydrogen-bond acceptors (Lipinski definition) is 7. The lowest BCUT2D eigenvalue weighted by Gasteiger charge is -2.16. The Morgan fingerprint density at radius 3 is 2.53 bits per heavy atom. The number of nitrogens with one attached hydrogen (secondary N) is 3. The average molecular weight is 507 g/mol. The Morgan fingerprint density at radius 1 is 1.06 bits per heavy atom. The second kappa shape index (κ2) is 9.90. The summed E-state index contributed by atoms with van der Waals surface area (Å²) in [5.74, 6) is 1.24. The maximum Gasteiger partial charge on any atom is 0.339 e. The molecule has 3 N–H and O–H groups in total. The van der Waals surface area contributed by atoms with Gasteiger partial charge in [0, 0.05) is 17.7 Å². The van der Waals surface area contributed by atoms with Gasteiger partial charge in [0.25, 0.3) is 0 Å². The van der Waals surface area contributed by atoms with E-state index < -0.39 is 10.1 Å². The number of fused-ring (bicyclic) bond motifs is 1. The Morgan fingerprint density at radius 2 is 1.81 bits per heavy atom. The summed E-state index contributed by atoms with van der Waals surface area (Å²) in [6, 6.07) is 20.6. The third kappa shape index (κ3) is 5.77. The zero-order valence-corrected chi connectivity index (χ0v) is 20.4.